The number of nitriles is 2. The largest absolute Gasteiger partial charge is 0.453 e. The Labute approximate surface area is 178 Å². The maximum absolute atomic E-state index is 12.9. The predicted molar refractivity (Wildman–Crippen MR) is 109 cm³/mol. The van der Waals surface area contributed by atoms with Crippen molar-refractivity contribution >= 4 is 60.7 Å². The summed E-state index contributed by atoms with van der Waals surface area (Å²) < 4.78 is 13.9. The molecule has 1 aliphatic heterocycles. The van der Waals surface area contributed by atoms with E-state index in [4.69, 9.17) is 14.6 Å². The van der Waals surface area contributed by atoms with Crippen molar-refractivity contribution in [2.45, 2.75) is 5.92 Å². The zero-order chi connectivity index (χ0) is 20.0. The van der Waals surface area contributed by atoms with Crippen LogP contribution in [0.1, 0.15) is 17.4 Å². The van der Waals surface area contributed by atoms with Gasteiger partial charge in [-0.25, -0.2) is 0 Å². The summed E-state index contributed by atoms with van der Waals surface area (Å²) in [5.74, 6) is 0.0484. The van der Waals surface area contributed by atoms with Crippen LogP contribution >= 0.6 is 43.2 Å². The Hall–Kier alpha value is -2.79. The fourth-order valence-corrected chi connectivity index (χ4v) is 4.70. The van der Waals surface area contributed by atoms with Crippen molar-refractivity contribution in [3.8, 4) is 12.1 Å². The Morgan fingerprint density at radius 1 is 1.11 bits per heavy atom. The van der Waals surface area contributed by atoms with E-state index in [-0.39, 0.29) is 17.0 Å². The molecule has 3 aromatic rings. The highest BCUT2D eigenvalue weighted by Gasteiger charge is 2.34. The number of allylic oxidation sites excluding steroid dienone is 1. The number of rotatable bonds is 2. The van der Waals surface area contributed by atoms with Crippen LogP contribution in [0.25, 0.3) is 17.5 Å². The third-order valence-corrected chi connectivity index (χ3v) is 6.10. The normalized spacial score (nSPS) is 16.8. The van der Waals surface area contributed by atoms with Gasteiger partial charge in [0.15, 0.2) is 9.34 Å². The van der Waals surface area contributed by atoms with Gasteiger partial charge in [-0.15, -0.1) is 11.3 Å². The highest BCUT2D eigenvalue weighted by atomic mass is 79.9. The Bertz CT molecular complexity index is 1410. The lowest BCUT2D eigenvalue weighted by Crippen LogP contribution is -2.38. The summed E-state index contributed by atoms with van der Waals surface area (Å²) in [5.41, 5.74) is 6.04. The van der Waals surface area contributed by atoms with Crippen LogP contribution in [0.5, 0.6) is 0 Å². The van der Waals surface area contributed by atoms with Crippen LogP contribution in [0.4, 0.5) is 0 Å². The zero-order valence-corrected chi connectivity index (χ0v) is 17.8. The number of nitrogens with zero attached hydrogens (tertiary/aromatic N) is 3. The van der Waals surface area contributed by atoms with Gasteiger partial charge in [-0.05, 0) is 56.1 Å². The Balaban J connectivity index is 2.07. The fraction of sp³-hybridized carbons (Fsp3) is 0.0556. The van der Waals surface area contributed by atoms with Crippen molar-refractivity contribution in [2.75, 3.05) is 0 Å². The number of aromatic nitrogens is 1. The summed E-state index contributed by atoms with van der Waals surface area (Å²) in [5, 5.41) is 19.5. The first-order valence-electron chi connectivity index (χ1n) is 7.73. The molecule has 0 bridgehead atoms. The second kappa shape index (κ2) is 6.99. The first-order valence-corrected chi connectivity index (χ1v) is 10.1. The van der Waals surface area contributed by atoms with E-state index in [1.54, 1.807) is 30.3 Å². The minimum Gasteiger partial charge on any atom is -0.453 e. The highest BCUT2D eigenvalue weighted by molar-refractivity contribution is 9.10. The van der Waals surface area contributed by atoms with Gasteiger partial charge in [-0.1, -0.05) is 0 Å². The van der Waals surface area contributed by atoms with Gasteiger partial charge in [0.05, 0.1) is 33.7 Å². The molecular weight excluding hydrogens is 512 g/mol. The molecule has 4 heterocycles. The summed E-state index contributed by atoms with van der Waals surface area (Å²) in [6.07, 6.45) is 1.57. The molecule has 7 nitrogen and oxygen atoms in total. The average Bonchev–Trinajstić information content (AvgIpc) is 3.35. The molecule has 0 amide bonds. The fourth-order valence-electron chi connectivity index (χ4n) is 2.95. The monoisotopic (exact) mass is 518 g/mol. The molecule has 1 aliphatic rings. The minimum atomic E-state index is -0.787. The molecule has 0 saturated carbocycles. The minimum absolute atomic E-state index is 0.0180. The number of thiazole rings is 1. The second-order valence-electron chi connectivity index (χ2n) is 5.71. The SMILES string of the molecule is N#CC1=C(N)n2c(s/c(=C/c3ccc(Br)o3)c2=O)=C(C#N)[C@H]1c1ccc(Br)o1. The standard InChI is InChI=1S/C18H8Br2N4O3S/c19-13-3-1-8(26-13)5-12-17(25)24-16(23)9(6-21)15(10(7-22)18(24)28-12)11-2-4-14(20)27-11/h1-5,15H,23H2/b12-5+/t15-/m0/s1. The lowest BCUT2D eigenvalue weighted by molar-refractivity contribution is 0.487. The Morgan fingerprint density at radius 2 is 1.79 bits per heavy atom. The molecule has 1 atom stereocenters. The van der Waals surface area contributed by atoms with E-state index in [1.807, 2.05) is 6.07 Å². The molecule has 0 saturated heterocycles. The van der Waals surface area contributed by atoms with Crippen molar-refractivity contribution in [1.29, 1.82) is 10.5 Å². The maximum Gasteiger partial charge on any atom is 0.274 e. The number of hydrogen-bond donors (Lipinski definition) is 1. The number of hydrogen-bond acceptors (Lipinski definition) is 7. The topological polar surface area (TPSA) is 122 Å². The van der Waals surface area contributed by atoms with Crippen LogP contribution < -0.4 is 20.5 Å². The summed E-state index contributed by atoms with van der Waals surface area (Å²) in [4.78, 5) is 12.9. The van der Waals surface area contributed by atoms with Crippen LogP contribution in [-0.2, 0) is 0 Å². The zero-order valence-electron chi connectivity index (χ0n) is 13.8. The molecule has 3 aromatic heterocycles. The number of nitrogens with two attached hydrogens (primary N) is 1. The van der Waals surface area contributed by atoms with E-state index in [0.29, 0.717) is 30.1 Å². The van der Waals surface area contributed by atoms with Crippen molar-refractivity contribution < 1.29 is 8.83 Å². The maximum atomic E-state index is 12.9. The van der Waals surface area contributed by atoms with E-state index in [0.717, 1.165) is 11.3 Å². The van der Waals surface area contributed by atoms with Crippen molar-refractivity contribution in [3.63, 3.8) is 0 Å². The number of furan rings is 2. The molecule has 4 rings (SSSR count). The lowest BCUT2D eigenvalue weighted by Gasteiger charge is -2.20. The van der Waals surface area contributed by atoms with Crippen molar-refractivity contribution in [3.05, 3.63) is 70.2 Å². The molecule has 0 unspecified atom stereocenters. The molecular formula is C18H8Br2N4O3S. The summed E-state index contributed by atoms with van der Waals surface area (Å²) in [7, 11) is 0. The number of fused-ring (bicyclic) bond motifs is 1. The van der Waals surface area contributed by atoms with E-state index < -0.39 is 11.5 Å². The highest BCUT2D eigenvalue weighted by Crippen LogP contribution is 2.37. The molecule has 28 heavy (non-hydrogen) atoms. The third kappa shape index (κ3) is 2.87. The first-order chi connectivity index (χ1) is 13.4. The van der Waals surface area contributed by atoms with Gasteiger partial charge in [0.1, 0.15) is 22.0 Å². The molecule has 138 valence electrons. The molecule has 0 aliphatic carbocycles. The predicted octanol–water partition coefficient (Wildman–Crippen LogP) is 2.57. The second-order valence-corrected chi connectivity index (χ2v) is 8.30. The molecule has 0 fully saturated rings. The Kier molecular flexibility index (Phi) is 4.63. The van der Waals surface area contributed by atoms with Crippen molar-refractivity contribution in [1.82, 2.24) is 4.57 Å². The summed E-state index contributed by atoms with van der Waals surface area (Å²) in [6, 6.07) is 10.9. The van der Waals surface area contributed by atoms with Crippen LogP contribution in [0, 0.1) is 22.7 Å². The van der Waals surface area contributed by atoms with Gasteiger partial charge in [-0.2, -0.15) is 10.5 Å². The van der Waals surface area contributed by atoms with Gasteiger partial charge in [-0.3, -0.25) is 9.36 Å². The molecule has 10 heteroatoms. The van der Waals surface area contributed by atoms with Crippen molar-refractivity contribution in [2.24, 2.45) is 5.73 Å². The smallest absolute Gasteiger partial charge is 0.274 e. The molecule has 0 radical (unpaired) electrons. The van der Waals surface area contributed by atoms with Gasteiger partial charge in [0.25, 0.3) is 5.56 Å². The van der Waals surface area contributed by atoms with E-state index in [9.17, 15) is 15.3 Å². The third-order valence-electron chi connectivity index (χ3n) is 4.13. The first kappa shape index (κ1) is 18.6. The lowest BCUT2D eigenvalue weighted by atomic mass is 9.88. The van der Waals surface area contributed by atoms with Gasteiger partial charge in [0, 0.05) is 6.08 Å². The van der Waals surface area contributed by atoms with E-state index in [1.165, 1.54) is 4.57 Å². The molecule has 0 aromatic carbocycles. The average molecular weight is 520 g/mol. The van der Waals surface area contributed by atoms with Gasteiger partial charge >= 0.3 is 0 Å². The van der Waals surface area contributed by atoms with E-state index in [2.05, 4.69) is 37.9 Å². The van der Waals surface area contributed by atoms with Gasteiger partial charge < -0.3 is 14.6 Å². The molecule has 2 N–H and O–H groups in total. The quantitative estimate of drug-likeness (QED) is 0.555. The van der Waals surface area contributed by atoms with Gasteiger partial charge in [0.2, 0.25) is 0 Å². The van der Waals surface area contributed by atoms with Crippen LogP contribution in [0.2, 0.25) is 0 Å². The summed E-state index contributed by atoms with van der Waals surface area (Å²) in [6.45, 7) is 0. The van der Waals surface area contributed by atoms with E-state index >= 15 is 0 Å². The van der Waals surface area contributed by atoms with Crippen LogP contribution in [0.15, 0.2) is 52.8 Å². The number of halogens is 2. The van der Waals surface area contributed by atoms with Crippen LogP contribution in [-0.4, -0.2) is 4.57 Å². The summed E-state index contributed by atoms with van der Waals surface area (Å²) >= 11 is 7.54. The van der Waals surface area contributed by atoms with Crippen LogP contribution in [0.3, 0.4) is 0 Å². The molecule has 0 spiro atoms. The Morgan fingerprint density at radius 3 is 2.36 bits per heavy atom.